The summed E-state index contributed by atoms with van der Waals surface area (Å²) in [5, 5.41) is 1.13. The van der Waals surface area contributed by atoms with Crippen molar-refractivity contribution in [1.82, 2.24) is 4.90 Å². The van der Waals surface area contributed by atoms with Crippen LogP contribution in [0.15, 0.2) is 12.2 Å². The fourth-order valence-corrected chi connectivity index (χ4v) is 2.10. The highest BCUT2D eigenvalue weighted by atomic mass is 79.9. The van der Waals surface area contributed by atoms with Crippen LogP contribution in [-0.4, -0.2) is 29.9 Å². The lowest BCUT2D eigenvalue weighted by molar-refractivity contribution is 0.320. The molecule has 1 unspecified atom stereocenters. The Kier molecular flexibility index (Phi) is 3.78. The Morgan fingerprint density at radius 2 is 2.33 bits per heavy atom. The minimum atomic E-state index is 0.515. The third kappa shape index (κ3) is 2.60. The van der Waals surface area contributed by atoms with Crippen molar-refractivity contribution < 1.29 is 0 Å². The van der Waals surface area contributed by atoms with E-state index in [0.29, 0.717) is 5.41 Å². The van der Waals surface area contributed by atoms with Gasteiger partial charge in [0.15, 0.2) is 0 Å². The normalized spacial score (nSPS) is 31.9. The third-order valence-corrected chi connectivity index (χ3v) is 3.91. The number of halogens is 1. The van der Waals surface area contributed by atoms with Gasteiger partial charge < -0.3 is 0 Å². The molecule has 0 amide bonds. The molecule has 1 saturated heterocycles. The Labute approximate surface area is 84.0 Å². The molecule has 0 aromatic carbocycles. The molecule has 12 heavy (non-hydrogen) atoms. The van der Waals surface area contributed by atoms with Crippen molar-refractivity contribution in [1.29, 1.82) is 0 Å². The van der Waals surface area contributed by atoms with Gasteiger partial charge in [-0.15, -0.1) is 0 Å². The molecular weight excluding hydrogens is 214 g/mol. The summed E-state index contributed by atoms with van der Waals surface area (Å²) in [6.45, 7) is 8.06. The van der Waals surface area contributed by atoms with Crippen molar-refractivity contribution in [2.45, 2.75) is 20.3 Å². The first-order chi connectivity index (χ1) is 5.70. The summed E-state index contributed by atoms with van der Waals surface area (Å²) < 4.78 is 0. The molecule has 1 fully saturated rings. The van der Waals surface area contributed by atoms with Crippen LogP contribution < -0.4 is 0 Å². The van der Waals surface area contributed by atoms with Crippen molar-refractivity contribution in [3.8, 4) is 0 Å². The molecule has 0 aromatic rings. The van der Waals surface area contributed by atoms with Gasteiger partial charge in [-0.25, -0.2) is 0 Å². The molecule has 1 atom stereocenters. The van der Waals surface area contributed by atoms with E-state index in [1.807, 2.05) is 0 Å². The number of likely N-dealkylation sites (tertiary alicyclic amines) is 1. The zero-order valence-corrected chi connectivity index (χ0v) is 9.60. The van der Waals surface area contributed by atoms with Crippen LogP contribution in [-0.2, 0) is 0 Å². The first kappa shape index (κ1) is 10.3. The molecule has 1 rings (SSSR count). The maximum atomic E-state index is 3.58. The molecule has 0 bridgehead atoms. The Morgan fingerprint density at radius 3 is 2.83 bits per heavy atom. The number of hydrogen-bond acceptors (Lipinski definition) is 1. The predicted octanol–water partition coefficient (Wildman–Crippen LogP) is 2.67. The highest BCUT2D eigenvalue weighted by Crippen LogP contribution is 2.31. The Hall–Kier alpha value is 0.180. The van der Waals surface area contributed by atoms with E-state index in [1.54, 1.807) is 0 Å². The van der Waals surface area contributed by atoms with E-state index in [0.717, 1.165) is 11.9 Å². The van der Waals surface area contributed by atoms with E-state index in [9.17, 15) is 0 Å². The summed E-state index contributed by atoms with van der Waals surface area (Å²) in [5.74, 6) is 0. The lowest BCUT2D eigenvalue weighted by Crippen LogP contribution is -2.26. The molecule has 70 valence electrons. The van der Waals surface area contributed by atoms with E-state index in [4.69, 9.17) is 0 Å². The number of hydrogen-bond donors (Lipinski definition) is 0. The largest absolute Gasteiger partial charge is 0.299 e. The number of nitrogens with zero attached hydrogens (tertiary/aromatic N) is 1. The van der Waals surface area contributed by atoms with Gasteiger partial charge in [-0.05, 0) is 25.3 Å². The average Bonchev–Trinajstić information content (AvgIpc) is 2.45. The van der Waals surface area contributed by atoms with Crippen LogP contribution >= 0.6 is 15.9 Å². The molecule has 1 aliphatic rings. The van der Waals surface area contributed by atoms with E-state index < -0.39 is 0 Å². The maximum absolute atomic E-state index is 3.58. The van der Waals surface area contributed by atoms with Gasteiger partial charge in [0.1, 0.15) is 0 Å². The Balaban J connectivity index is 2.35. The van der Waals surface area contributed by atoms with Gasteiger partial charge in [-0.3, -0.25) is 4.90 Å². The zero-order valence-electron chi connectivity index (χ0n) is 8.02. The van der Waals surface area contributed by atoms with Crippen LogP contribution in [0.4, 0.5) is 0 Å². The van der Waals surface area contributed by atoms with Gasteiger partial charge in [-0.1, -0.05) is 35.0 Å². The van der Waals surface area contributed by atoms with Crippen molar-refractivity contribution >= 4 is 15.9 Å². The molecule has 1 heterocycles. The van der Waals surface area contributed by atoms with Crippen LogP contribution in [0.25, 0.3) is 0 Å². The van der Waals surface area contributed by atoms with E-state index in [2.05, 4.69) is 46.8 Å². The topological polar surface area (TPSA) is 3.24 Å². The molecule has 0 saturated carbocycles. The molecule has 0 spiro atoms. The zero-order chi connectivity index (χ0) is 9.03. The molecule has 0 aliphatic carbocycles. The lowest BCUT2D eigenvalue weighted by Gasteiger charge is -2.21. The summed E-state index contributed by atoms with van der Waals surface area (Å²) >= 11 is 3.58. The SMILES string of the molecule is C/C=C/CN1CCC(C)(CBr)C1. The van der Waals surface area contributed by atoms with Gasteiger partial charge in [0.2, 0.25) is 0 Å². The molecule has 0 aromatic heterocycles. The van der Waals surface area contributed by atoms with E-state index in [-0.39, 0.29) is 0 Å². The monoisotopic (exact) mass is 231 g/mol. The fraction of sp³-hybridized carbons (Fsp3) is 0.800. The average molecular weight is 232 g/mol. The first-order valence-electron chi connectivity index (χ1n) is 4.60. The third-order valence-electron chi connectivity index (χ3n) is 2.56. The summed E-state index contributed by atoms with van der Waals surface area (Å²) in [6, 6.07) is 0. The molecule has 2 heteroatoms. The van der Waals surface area contributed by atoms with Crippen LogP contribution in [0.5, 0.6) is 0 Å². The Bertz CT molecular complexity index is 167. The Morgan fingerprint density at radius 1 is 1.58 bits per heavy atom. The maximum Gasteiger partial charge on any atom is 0.0163 e. The van der Waals surface area contributed by atoms with Crippen LogP contribution in [0, 0.1) is 5.41 Å². The standard InChI is InChI=1S/C10H18BrN/c1-3-4-6-12-7-5-10(2,8-11)9-12/h3-4H,5-9H2,1-2H3/b4-3+. The van der Waals surface area contributed by atoms with Gasteiger partial charge >= 0.3 is 0 Å². The number of rotatable bonds is 3. The smallest absolute Gasteiger partial charge is 0.0163 e. The van der Waals surface area contributed by atoms with Crippen molar-refractivity contribution in [3.63, 3.8) is 0 Å². The number of alkyl halides is 1. The minimum absolute atomic E-state index is 0.515. The quantitative estimate of drug-likeness (QED) is 0.534. The van der Waals surface area contributed by atoms with Gasteiger partial charge in [0.25, 0.3) is 0 Å². The highest BCUT2D eigenvalue weighted by molar-refractivity contribution is 9.09. The van der Waals surface area contributed by atoms with Crippen LogP contribution in [0.1, 0.15) is 20.3 Å². The van der Waals surface area contributed by atoms with Crippen molar-refractivity contribution in [2.75, 3.05) is 25.0 Å². The fourth-order valence-electron chi connectivity index (χ4n) is 1.65. The minimum Gasteiger partial charge on any atom is -0.299 e. The van der Waals surface area contributed by atoms with Gasteiger partial charge in [-0.2, -0.15) is 0 Å². The second-order valence-corrected chi connectivity index (χ2v) is 4.56. The summed E-state index contributed by atoms with van der Waals surface area (Å²) in [4.78, 5) is 2.52. The lowest BCUT2D eigenvalue weighted by atomic mass is 9.93. The van der Waals surface area contributed by atoms with Crippen molar-refractivity contribution in [3.05, 3.63) is 12.2 Å². The molecule has 1 aliphatic heterocycles. The second-order valence-electron chi connectivity index (χ2n) is 4.00. The van der Waals surface area contributed by atoms with Crippen molar-refractivity contribution in [2.24, 2.45) is 5.41 Å². The summed E-state index contributed by atoms with van der Waals surface area (Å²) in [5.41, 5.74) is 0.515. The van der Waals surface area contributed by atoms with Crippen LogP contribution in [0.2, 0.25) is 0 Å². The molecule has 1 nitrogen and oxygen atoms in total. The van der Waals surface area contributed by atoms with Gasteiger partial charge in [0, 0.05) is 18.4 Å². The van der Waals surface area contributed by atoms with E-state index >= 15 is 0 Å². The number of allylic oxidation sites excluding steroid dienone is 1. The predicted molar refractivity (Wildman–Crippen MR) is 57.8 cm³/mol. The second kappa shape index (κ2) is 4.43. The first-order valence-corrected chi connectivity index (χ1v) is 5.72. The van der Waals surface area contributed by atoms with Crippen LogP contribution in [0.3, 0.4) is 0 Å². The molecular formula is C10H18BrN. The van der Waals surface area contributed by atoms with Gasteiger partial charge in [0.05, 0.1) is 0 Å². The highest BCUT2D eigenvalue weighted by Gasteiger charge is 2.31. The summed E-state index contributed by atoms with van der Waals surface area (Å²) in [6.07, 6.45) is 5.69. The molecule has 0 radical (unpaired) electrons. The van der Waals surface area contributed by atoms with E-state index in [1.165, 1.54) is 19.5 Å². The summed E-state index contributed by atoms with van der Waals surface area (Å²) in [7, 11) is 0. The molecule has 0 N–H and O–H groups in total.